The first-order valence-electron chi connectivity index (χ1n) is 5.25. The average molecular weight is 251 g/mol. The highest BCUT2D eigenvalue weighted by Crippen LogP contribution is 2.06. The first-order chi connectivity index (χ1) is 8.43. The second-order valence-corrected chi connectivity index (χ2v) is 3.78. The monoisotopic (exact) mass is 251 g/mol. The highest BCUT2D eigenvalue weighted by Gasteiger charge is 2.31. The molecule has 6 heteroatoms. The zero-order valence-electron chi connectivity index (χ0n) is 9.66. The molecule has 0 unspecified atom stereocenters. The first-order valence-corrected chi connectivity index (χ1v) is 5.25. The highest BCUT2D eigenvalue weighted by atomic mass is 16.4. The van der Waals surface area contributed by atoms with Gasteiger partial charge in [-0.2, -0.15) is 0 Å². The number of carbonyl (C=O) groups excluding carboxylic acids is 1. The van der Waals surface area contributed by atoms with Crippen LogP contribution in [0.5, 0.6) is 0 Å². The van der Waals surface area contributed by atoms with E-state index in [4.69, 9.17) is 10.2 Å². The van der Waals surface area contributed by atoms with Gasteiger partial charge in [0.05, 0.1) is 5.92 Å². The molecule has 0 saturated carbocycles. The van der Waals surface area contributed by atoms with Crippen molar-refractivity contribution < 1.29 is 24.6 Å². The molecule has 1 amide bonds. The molecule has 1 aromatic carbocycles. The Bertz CT molecular complexity index is 457. The minimum Gasteiger partial charge on any atom is -0.481 e. The van der Waals surface area contributed by atoms with E-state index in [9.17, 15) is 14.4 Å². The predicted octanol–water partition coefficient (Wildman–Crippen LogP) is 0.590. The summed E-state index contributed by atoms with van der Waals surface area (Å²) < 4.78 is 0. The number of carboxylic acids is 2. The number of hydrogen-bond donors (Lipinski definition) is 3. The predicted molar refractivity (Wildman–Crippen MR) is 62.1 cm³/mol. The maximum absolute atomic E-state index is 11.7. The van der Waals surface area contributed by atoms with Crippen molar-refractivity contribution in [3.05, 3.63) is 35.9 Å². The summed E-state index contributed by atoms with van der Waals surface area (Å²) in [6, 6.07) is 6.54. The standard InChI is InChI=1S/C12H13NO5/c1-7(11(15)16)9(12(17)18)13-10(14)8-5-3-2-4-6-8/h2-7,9H,1H3,(H,13,14)(H,15,16)(H,17,18)/t7-,9-/m0/s1. The maximum Gasteiger partial charge on any atom is 0.327 e. The third-order valence-corrected chi connectivity index (χ3v) is 2.48. The van der Waals surface area contributed by atoms with Gasteiger partial charge in [-0.3, -0.25) is 9.59 Å². The topological polar surface area (TPSA) is 104 Å². The van der Waals surface area contributed by atoms with Crippen molar-refractivity contribution >= 4 is 17.8 Å². The molecule has 6 nitrogen and oxygen atoms in total. The normalized spacial score (nSPS) is 13.4. The molecule has 1 aromatic rings. The van der Waals surface area contributed by atoms with Crippen molar-refractivity contribution in [1.82, 2.24) is 5.32 Å². The van der Waals surface area contributed by atoms with Gasteiger partial charge in [-0.25, -0.2) is 4.79 Å². The fourth-order valence-electron chi connectivity index (χ4n) is 1.36. The van der Waals surface area contributed by atoms with Gasteiger partial charge in [-0.15, -0.1) is 0 Å². The molecule has 0 aliphatic rings. The lowest BCUT2D eigenvalue weighted by Crippen LogP contribution is -2.47. The van der Waals surface area contributed by atoms with Gasteiger partial charge in [0.1, 0.15) is 6.04 Å². The van der Waals surface area contributed by atoms with E-state index in [1.807, 2.05) is 0 Å². The Morgan fingerprint density at radius 1 is 1.06 bits per heavy atom. The summed E-state index contributed by atoms with van der Waals surface area (Å²) in [4.78, 5) is 33.4. The minimum absolute atomic E-state index is 0.279. The summed E-state index contributed by atoms with van der Waals surface area (Å²) in [7, 11) is 0. The Balaban J connectivity index is 2.83. The second kappa shape index (κ2) is 5.81. The molecule has 0 aromatic heterocycles. The lowest BCUT2D eigenvalue weighted by Gasteiger charge is -2.18. The lowest BCUT2D eigenvalue weighted by atomic mass is 10.0. The largest absolute Gasteiger partial charge is 0.481 e. The van der Waals surface area contributed by atoms with Crippen LogP contribution in [0.15, 0.2) is 30.3 Å². The molecular formula is C12H13NO5. The molecule has 0 saturated heterocycles. The van der Waals surface area contributed by atoms with Crippen LogP contribution < -0.4 is 5.32 Å². The molecular weight excluding hydrogens is 238 g/mol. The number of benzene rings is 1. The van der Waals surface area contributed by atoms with Crippen molar-refractivity contribution in [1.29, 1.82) is 0 Å². The summed E-state index contributed by atoms with van der Waals surface area (Å²) in [5.74, 6) is -4.49. The molecule has 96 valence electrons. The highest BCUT2D eigenvalue weighted by molar-refractivity contribution is 5.97. The van der Waals surface area contributed by atoms with Crippen molar-refractivity contribution in [2.75, 3.05) is 0 Å². The Morgan fingerprint density at radius 2 is 1.61 bits per heavy atom. The number of hydrogen-bond acceptors (Lipinski definition) is 3. The average Bonchev–Trinajstić information content (AvgIpc) is 2.35. The van der Waals surface area contributed by atoms with Crippen molar-refractivity contribution in [3.8, 4) is 0 Å². The Kier molecular flexibility index (Phi) is 4.42. The fourth-order valence-corrected chi connectivity index (χ4v) is 1.36. The number of amides is 1. The van der Waals surface area contributed by atoms with E-state index in [0.717, 1.165) is 0 Å². The van der Waals surface area contributed by atoms with E-state index in [1.54, 1.807) is 18.2 Å². The minimum atomic E-state index is -1.46. The molecule has 3 N–H and O–H groups in total. The van der Waals surface area contributed by atoms with E-state index in [1.165, 1.54) is 19.1 Å². The molecule has 2 atom stereocenters. The number of carboxylic acid groups (broad SMARTS) is 2. The molecule has 0 radical (unpaired) electrons. The zero-order valence-corrected chi connectivity index (χ0v) is 9.66. The van der Waals surface area contributed by atoms with E-state index in [0.29, 0.717) is 0 Å². The fraction of sp³-hybridized carbons (Fsp3) is 0.250. The molecule has 0 aliphatic carbocycles. The van der Waals surface area contributed by atoms with Gasteiger partial charge in [0.25, 0.3) is 5.91 Å². The van der Waals surface area contributed by atoms with Crippen molar-refractivity contribution in [3.63, 3.8) is 0 Å². The summed E-state index contributed by atoms with van der Waals surface area (Å²) in [5.41, 5.74) is 0.279. The third kappa shape index (κ3) is 3.31. The quantitative estimate of drug-likeness (QED) is 0.710. The first kappa shape index (κ1) is 13.7. The van der Waals surface area contributed by atoms with Crippen LogP contribution in [0.4, 0.5) is 0 Å². The Morgan fingerprint density at radius 3 is 2.06 bits per heavy atom. The van der Waals surface area contributed by atoms with Gasteiger partial charge < -0.3 is 15.5 Å². The Hall–Kier alpha value is -2.37. The van der Waals surface area contributed by atoms with Gasteiger partial charge in [0.15, 0.2) is 0 Å². The van der Waals surface area contributed by atoms with E-state index in [-0.39, 0.29) is 5.56 Å². The molecule has 18 heavy (non-hydrogen) atoms. The molecule has 0 heterocycles. The third-order valence-electron chi connectivity index (χ3n) is 2.48. The van der Waals surface area contributed by atoms with Gasteiger partial charge >= 0.3 is 11.9 Å². The van der Waals surface area contributed by atoms with Gasteiger partial charge in [-0.05, 0) is 19.1 Å². The summed E-state index contributed by atoms with van der Waals surface area (Å²) in [6.07, 6.45) is 0. The van der Waals surface area contributed by atoms with Crippen LogP contribution in [0.25, 0.3) is 0 Å². The molecule has 0 bridgehead atoms. The number of nitrogens with one attached hydrogen (secondary N) is 1. The maximum atomic E-state index is 11.7. The zero-order chi connectivity index (χ0) is 13.7. The van der Waals surface area contributed by atoms with Crippen molar-refractivity contribution in [2.45, 2.75) is 13.0 Å². The molecule has 0 fully saturated rings. The van der Waals surface area contributed by atoms with Gasteiger partial charge in [0.2, 0.25) is 0 Å². The van der Waals surface area contributed by atoms with Crippen LogP contribution >= 0.6 is 0 Å². The van der Waals surface area contributed by atoms with Crippen LogP contribution in [0.1, 0.15) is 17.3 Å². The van der Waals surface area contributed by atoms with Crippen LogP contribution in [0, 0.1) is 5.92 Å². The number of rotatable bonds is 5. The smallest absolute Gasteiger partial charge is 0.327 e. The van der Waals surface area contributed by atoms with Crippen molar-refractivity contribution in [2.24, 2.45) is 5.92 Å². The van der Waals surface area contributed by atoms with Crippen LogP contribution in [-0.4, -0.2) is 34.1 Å². The van der Waals surface area contributed by atoms with E-state index in [2.05, 4.69) is 5.32 Å². The lowest BCUT2D eigenvalue weighted by molar-refractivity contribution is -0.149. The van der Waals surface area contributed by atoms with Crippen LogP contribution in [-0.2, 0) is 9.59 Å². The molecule has 1 rings (SSSR count). The molecule has 0 spiro atoms. The van der Waals surface area contributed by atoms with Gasteiger partial charge in [-0.1, -0.05) is 18.2 Å². The second-order valence-electron chi connectivity index (χ2n) is 3.78. The van der Waals surface area contributed by atoms with E-state index < -0.39 is 29.8 Å². The SMILES string of the molecule is C[C@H](C(=O)O)[C@H](NC(=O)c1ccccc1)C(=O)O. The number of carbonyl (C=O) groups is 3. The summed E-state index contributed by atoms with van der Waals surface area (Å²) in [6.45, 7) is 1.23. The van der Waals surface area contributed by atoms with Crippen LogP contribution in [0.2, 0.25) is 0 Å². The van der Waals surface area contributed by atoms with E-state index >= 15 is 0 Å². The summed E-state index contributed by atoms with van der Waals surface area (Å²) in [5, 5.41) is 19.9. The Labute approximate surface area is 103 Å². The molecule has 0 aliphatic heterocycles. The van der Waals surface area contributed by atoms with Crippen LogP contribution in [0.3, 0.4) is 0 Å². The number of aliphatic carboxylic acids is 2. The summed E-state index contributed by atoms with van der Waals surface area (Å²) >= 11 is 0. The van der Waals surface area contributed by atoms with Gasteiger partial charge in [0, 0.05) is 5.56 Å².